The average molecular weight is 299 g/mol. The molecule has 1 aliphatic rings. The molecule has 1 aliphatic heterocycles. The van der Waals surface area contributed by atoms with E-state index in [4.69, 9.17) is 4.55 Å². The van der Waals surface area contributed by atoms with Crippen LogP contribution in [0.4, 0.5) is 8.78 Å². The largest absolute Gasteiger partial charge is 0.465 e. The third kappa shape index (κ3) is 3.12. The summed E-state index contributed by atoms with van der Waals surface area (Å²) in [5.74, 6) is -3.94. The number of rotatable bonds is 5. The van der Waals surface area contributed by atoms with Crippen LogP contribution in [0.15, 0.2) is 12.2 Å². The Morgan fingerprint density at radius 1 is 1.32 bits per heavy atom. The molecule has 2 amide bonds. The standard InChI is InChI=1S/C8H7F2NO7S/c9-8(10,19(15,16)17)7(14)18-4-3-11-5(12)1-2-6(11)13/h1-2H,3-4H2,(H,15,16,17). The van der Waals surface area contributed by atoms with Gasteiger partial charge in [-0.25, -0.2) is 4.79 Å². The van der Waals surface area contributed by atoms with Gasteiger partial charge in [0, 0.05) is 12.2 Å². The van der Waals surface area contributed by atoms with Crippen molar-refractivity contribution in [1.29, 1.82) is 0 Å². The number of carbonyl (C=O) groups excluding carboxylic acids is 3. The van der Waals surface area contributed by atoms with Crippen molar-refractivity contribution < 1.29 is 40.9 Å². The molecule has 8 nitrogen and oxygen atoms in total. The zero-order valence-electron chi connectivity index (χ0n) is 9.08. The summed E-state index contributed by atoms with van der Waals surface area (Å²) in [7, 11) is -5.94. The molecule has 0 saturated heterocycles. The van der Waals surface area contributed by atoms with Gasteiger partial charge in [-0.05, 0) is 0 Å². The Morgan fingerprint density at radius 3 is 2.21 bits per heavy atom. The van der Waals surface area contributed by atoms with Gasteiger partial charge in [-0.15, -0.1) is 0 Å². The van der Waals surface area contributed by atoms with E-state index in [-0.39, 0.29) is 0 Å². The first kappa shape index (κ1) is 15.2. The van der Waals surface area contributed by atoms with Crippen LogP contribution in [0.1, 0.15) is 0 Å². The van der Waals surface area contributed by atoms with E-state index in [9.17, 15) is 31.6 Å². The Bertz CT molecular complexity index is 535. The maximum atomic E-state index is 12.7. The SMILES string of the molecule is O=C1C=CC(=O)N1CCOC(=O)C(F)(F)S(=O)(=O)O. The maximum Gasteiger partial charge on any atom is 0.465 e. The molecule has 0 aromatic rings. The smallest absolute Gasteiger partial charge is 0.458 e. The molecule has 1 heterocycles. The van der Waals surface area contributed by atoms with Gasteiger partial charge in [-0.3, -0.25) is 19.0 Å². The molecule has 0 aromatic carbocycles. The van der Waals surface area contributed by atoms with Crippen molar-refractivity contribution in [2.45, 2.75) is 5.25 Å². The molecule has 0 spiro atoms. The van der Waals surface area contributed by atoms with Gasteiger partial charge in [-0.2, -0.15) is 17.2 Å². The van der Waals surface area contributed by atoms with Gasteiger partial charge in [-0.1, -0.05) is 0 Å². The van der Waals surface area contributed by atoms with Crippen LogP contribution in [-0.4, -0.2) is 54.1 Å². The zero-order valence-corrected chi connectivity index (χ0v) is 9.89. The topological polar surface area (TPSA) is 118 Å². The van der Waals surface area contributed by atoms with E-state index in [0.717, 1.165) is 12.2 Å². The van der Waals surface area contributed by atoms with Gasteiger partial charge in [0.2, 0.25) is 0 Å². The molecule has 1 rings (SSSR count). The van der Waals surface area contributed by atoms with Crippen LogP contribution in [0.25, 0.3) is 0 Å². The number of imide groups is 1. The minimum atomic E-state index is -5.94. The van der Waals surface area contributed by atoms with Crippen molar-refractivity contribution in [2.24, 2.45) is 0 Å². The fourth-order valence-electron chi connectivity index (χ4n) is 1.07. The molecule has 0 aliphatic carbocycles. The Kier molecular flexibility index (Phi) is 4.00. The van der Waals surface area contributed by atoms with Gasteiger partial charge in [0.15, 0.2) is 0 Å². The van der Waals surface area contributed by atoms with E-state index in [2.05, 4.69) is 4.74 Å². The van der Waals surface area contributed by atoms with Crippen LogP contribution in [0.3, 0.4) is 0 Å². The number of carbonyl (C=O) groups is 3. The summed E-state index contributed by atoms with van der Waals surface area (Å²) in [6.07, 6.45) is 1.86. The second-order valence-electron chi connectivity index (χ2n) is 3.29. The van der Waals surface area contributed by atoms with Crippen molar-refractivity contribution in [3.63, 3.8) is 0 Å². The van der Waals surface area contributed by atoms with E-state index < -0.39 is 46.3 Å². The third-order valence-corrected chi connectivity index (χ3v) is 2.82. The molecule has 11 heteroatoms. The lowest BCUT2D eigenvalue weighted by Crippen LogP contribution is -2.40. The Balaban J connectivity index is 2.53. The van der Waals surface area contributed by atoms with Crippen molar-refractivity contribution in [1.82, 2.24) is 4.90 Å². The van der Waals surface area contributed by atoms with Gasteiger partial charge in [0.1, 0.15) is 6.61 Å². The van der Waals surface area contributed by atoms with Crippen LogP contribution in [0, 0.1) is 0 Å². The Hall–Kier alpha value is -1.88. The van der Waals surface area contributed by atoms with Crippen LogP contribution in [0.2, 0.25) is 0 Å². The highest BCUT2D eigenvalue weighted by Crippen LogP contribution is 2.22. The molecule has 0 radical (unpaired) electrons. The number of alkyl halides is 2. The van der Waals surface area contributed by atoms with E-state index in [1.54, 1.807) is 0 Å². The third-order valence-electron chi connectivity index (χ3n) is 2.01. The van der Waals surface area contributed by atoms with Crippen molar-refractivity contribution in [3.8, 4) is 0 Å². The number of esters is 1. The molecule has 19 heavy (non-hydrogen) atoms. The molecular weight excluding hydrogens is 292 g/mol. The fourth-order valence-corrected chi connectivity index (χ4v) is 1.34. The lowest BCUT2D eigenvalue weighted by atomic mass is 10.5. The molecule has 106 valence electrons. The summed E-state index contributed by atoms with van der Waals surface area (Å²) < 4.78 is 57.8. The van der Waals surface area contributed by atoms with E-state index in [1.807, 2.05) is 0 Å². The normalized spacial score (nSPS) is 16.1. The van der Waals surface area contributed by atoms with Crippen LogP contribution in [-0.2, 0) is 29.2 Å². The first-order chi connectivity index (χ1) is 8.57. The van der Waals surface area contributed by atoms with Crippen molar-refractivity contribution in [3.05, 3.63) is 12.2 Å². The summed E-state index contributed by atoms with van der Waals surface area (Å²) >= 11 is 0. The van der Waals surface area contributed by atoms with E-state index >= 15 is 0 Å². The van der Waals surface area contributed by atoms with Gasteiger partial charge in [0.25, 0.3) is 11.8 Å². The fraction of sp³-hybridized carbons (Fsp3) is 0.375. The summed E-state index contributed by atoms with van der Waals surface area (Å²) in [5, 5.41) is -5.11. The number of ether oxygens (including phenoxy) is 1. The highest BCUT2D eigenvalue weighted by molar-refractivity contribution is 7.87. The zero-order chi connectivity index (χ0) is 14.8. The number of hydrogen-bond acceptors (Lipinski definition) is 6. The highest BCUT2D eigenvalue weighted by Gasteiger charge is 2.54. The monoisotopic (exact) mass is 299 g/mol. The first-order valence-electron chi connectivity index (χ1n) is 4.63. The Labute approximate surface area is 105 Å². The number of hydrogen-bond donors (Lipinski definition) is 1. The summed E-state index contributed by atoms with van der Waals surface area (Å²) in [6.45, 7) is -1.35. The van der Waals surface area contributed by atoms with Crippen LogP contribution < -0.4 is 0 Å². The average Bonchev–Trinajstić information content (AvgIpc) is 2.58. The van der Waals surface area contributed by atoms with E-state index in [1.165, 1.54) is 0 Å². The van der Waals surface area contributed by atoms with Crippen LogP contribution >= 0.6 is 0 Å². The maximum absolute atomic E-state index is 12.7. The number of amides is 2. The summed E-state index contributed by atoms with van der Waals surface area (Å²) in [6, 6.07) is 0. The molecular formula is C8H7F2NO7S. The van der Waals surface area contributed by atoms with Gasteiger partial charge in [0.05, 0.1) is 6.54 Å². The molecule has 0 atom stereocenters. The number of halogens is 2. The number of nitrogens with zero attached hydrogens (tertiary/aromatic N) is 1. The molecule has 0 fully saturated rings. The first-order valence-corrected chi connectivity index (χ1v) is 6.07. The second-order valence-corrected chi connectivity index (χ2v) is 4.75. The molecule has 0 aromatic heterocycles. The van der Waals surface area contributed by atoms with Gasteiger partial charge >= 0.3 is 21.3 Å². The molecule has 0 unspecified atom stereocenters. The minimum Gasteiger partial charge on any atom is -0.458 e. The predicted molar refractivity (Wildman–Crippen MR) is 53.3 cm³/mol. The lowest BCUT2D eigenvalue weighted by molar-refractivity contribution is -0.162. The van der Waals surface area contributed by atoms with Gasteiger partial charge < -0.3 is 4.74 Å². The molecule has 0 bridgehead atoms. The van der Waals surface area contributed by atoms with E-state index in [0.29, 0.717) is 4.90 Å². The lowest BCUT2D eigenvalue weighted by Gasteiger charge is -2.15. The highest BCUT2D eigenvalue weighted by atomic mass is 32.2. The second kappa shape index (κ2) is 5.01. The molecule has 0 saturated carbocycles. The molecule has 1 N–H and O–H groups in total. The van der Waals surface area contributed by atoms with Crippen molar-refractivity contribution in [2.75, 3.05) is 13.2 Å². The van der Waals surface area contributed by atoms with Crippen molar-refractivity contribution >= 4 is 27.9 Å². The minimum absolute atomic E-state index is 0.516. The predicted octanol–water partition coefficient (Wildman–Crippen LogP) is -1.06. The Morgan fingerprint density at radius 2 is 1.79 bits per heavy atom. The quantitative estimate of drug-likeness (QED) is 0.390. The summed E-state index contributed by atoms with van der Waals surface area (Å²) in [5.41, 5.74) is 0. The van der Waals surface area contributed by atoms with Crippen LogP contribution in [0.5, 0.6) is 0 Å². The summed E-state index contributed by atoms with van der Waals surface area (Å²) in [4.78, 5) is 33.3.